The van der Waals surface area contributed by atoms with E-state index in [0.29, 0.717) is 117 Å². The van der Waals surface area contributed by atoms with Crippen LogP contribution in [0.15, 0.2) is 140 Å². The summed E-state index contributed by atoms with van der Waals surface area (Å²) in [7, 11) is 14.5. The minimum absolute atomic E-state index is 0.0243. The molecule has 9 heterocycles. The van der Waals surface area contributed by atoms with Crippen LogP contribution in [0.25, 0.3) is 34.2 Å². The number of carbonyl (C=O) groups excluding carboxylic acids is 6. The lowest BCUT2D eigenvalue weighted by Gasteiger charge is -2.30. The number of benzene rings is 5. The molecule has 11 aromatic rings. The molecule has 0 bridgehead atoms. The largest absolute Gasteiger partial charge is 0.494 e. The molecule has 6 aromatic heterocycles. The number of ether oxygens (including phenoxy) is 5. The average Bonchev–Trinajstić information content (AvgIpc) is 1.80. The zero-order valence-corrected chi connectivity index (χ0v) is 65.1. The number of urea groups is 1. The number of likely N-dealkylation sites (tertiary alicyclic amines) is 2. The zero-order valence-electron chi connectivity index (χ0n) is 64.3. The van der Waals surface area contributed by atoms with Crippen LogP contribution in [0.2, 0.25) is 0 Å². The maximum absolute atomic E-state index is 12.4. The Morgan fingerprint density at radius 2 is 0.812 bits per heavy atom. The number of hydrogen-bond acceptors (Lipinski definition) is 33. The van der Waals surface area contributed by atoms with Crippen molar-refractivity contribution in [2.45, 2.75) is 19.3 Å². The van der Waals surface area contributed by atoms with Crippen LogP contribution in [-0.2, 0) is 21.1 Å². The number of non-ortho nitro benzene ring substituents is 2. The third kappa shape index (κ3) is 23.4. The number of anilines is 9. The maximum atomic E-state index is 12.4. The topological polar surface area (TPSA) is 559 Å². The van der Waals surface area contributed by atoms with Crippen molar-refractivity contribution in [3.8, 4) is 62.9 Å². The number of nitro groups is 2. The molecule has 0 aliphatic carbocycles. The van der Waals surface area contributed by atoms with Gasteiger partial charge in [0.25, 0.3) is 29.1 Å². The Kier molecular flexibility index (Phi) is 30.2. The Morgan fingerprint density at radius 1 is 0.470 bits per heavy atom. The van der Waals surface area contributed by atoms with E-state index in [-0.39, 0.29) is 69.5 Å². The van der Waals surface area contributed by atoms with Gasteiger partial charge in [-0.3, -0.25) is 54.0 Å². The van der Waals surface area contributed by atoms with E-state index in [0.717, 1.165) is 12.8 Å². The van der Waals surface area contributed by atoms with Gasteiger partial charge in [0, 0.05) is 123 Å². The summed E-state index contributed by atoms with van der Waals surface area (Å²) in [6, 6.07) is 31.2. The van der Waals surface area contributed by atoms with Crippen molar-refractivity contribution in [1.29, 1.82) is 0 Å². The predicted octanol–water partition coefficient (Wildman–Crippen LogP) is 7.67. The fourth-order valence-corrected chi connectivity index (χ4v) is 10.3. The average molecular weight is 1630 g/mol. The molecule has 3 fully saturated rings. The molecule has 610 valence electrons. The summed E-state index contributed by atoms with van der Waals surface area (Å²) in [5.41, 5.74) is 15.7. The molecule has 0 atom stereocenters. The van der Waals surface area contributed by atoms with Crippen molar-refractivity contribution in [3.05, 3.63) is 178 Å². The van der Waals surface area contributed by atoms with E-state index in [2.05, 4.69) is 108 Å². The number of aryl methyl sites for hydroxylation is 3. The highest BCUT2D eigenvalue weighted by Gasteiger charge is 2.27. The van der Waals surface area contributed by atoms with Gasteiger partial charge in [0.05, 0.1) is 82.0 Å². The number of amides is 6. The summed E-state index contributed by atoms with van der Waals surface area (Å²) < 4.78 is 31.0. The van der Waals surface area contributed by atoms with E-state index in [9.17, 15) is 49.0 Å². The summed E-state index contributed by atoms with van der Waals surface area (Å²) in [6.07, 6.45) is 7.76. The molecule has 0 saturated carbocycles. The molecule has 3 aliphatic rings. The quantitative estimate of drug-likeness (QED) is 0.0199. The van der Waals surface area contributed by atoms with E-state index in [4.69, 9.17) is 42.0 Å². The van der Waals surface area contributed by atoms with Gasteiger partial charge in [0.2, 0.25) is 0 Å². The first-order valence-corrected chi connectivity index (χ1v) is 35.5. The Bertz CT molecular complexity index is 5170. The van der Waals surface area contributed by atoms with Gasteiger partial charge in [-0.05, 0) is 93.0 Å². The standard InChI is InChI=1S/C20H23N9O3.2C16H18N8O2.C10H10N2O4.C7H4ClNO4.C3H7N/c1-21-19(30)16-14(10-15(25-26-16)24-20(31)29-8-5-9-29)23-13-7-4-6-12(17(13)32-3)18-22-11-28(2)27-18;2*1-18-16(25)13-11(7-12(17)21-22-13)20-10-6-4-5-9(14(10)26-3)15-19-8-24(2)23-15;13-10(11-6-1-7-11)16-9-4-2-8(3-5-9)12(14)15;8-7(10)13-6-3-1-5(2-4-6)9(11)12;1-2-4-3-1/h4,6-7,10-11H,5,8-9H2,1-3H3,(H,21,30)(H2,23,24,25,31);2*4-8H,1-3H3,(H,18,25)(H3,17,20,21);2-5H,1,6-7H2;1-4H;4H,1-3H2. The lowest BCUT2D eigenvalue weighted by atomic mass is 10.1. The van der Waals surface area contributed by atoms with Crippen molar-refractivity contribution in [3.63, 3.8) is 0 Å². The fourth-order valence-electron chi connectivity index (χ4n) is 10.2. The molecular weight excluding hydrogens is 1550 g/mol. The summed E-state index contributed by atoms with van der Waals surface area (Å²) in [6.45, 7) is 5.33. The van der Waals surface area contributed by atoms with Crippen LogP contribution < -0.4 is 77.7 Å². The third-order valence-electron chi connectivity index (χ3n) is 16.4. The second kappa shape index (κ2) is 41.2. The number of nitrogens with two attached hydrogens (primary N) is 2. The second-order valence-electron chi connectivity index (χ2n) is 24.5. The summed E-state index contributed by atoms with van der Waals surface area (Å²) in [4.78, 5) is 106. The monoisotopic (exact) mass is 1630 g/mol. The predicted molar refractivity (Wildman–Crippen MR) is 427 cm³/mol. The highest BCUT2D eigenvalue weighted by molar-refractivity contribution is 6.61. The van der Waals surface area contributed by atoms with E-state index in [1.54, 1.807) is 102 Å². The molecule has 6 amide bonds. The molecule has 45 heteroatoms. The van der Waals surface area contributed by atoms with Gasteiger partial charge in [0.1, 0.15) is 42.1 Å². The third-order valence-corrected chi connectivity index (χ3v) is 16.5. The molecule has 5 aromatic carbocycles. The number of carbonyl (C=O) groups is 6. The Labute approximate surface area is 670 Å². The van der Waals surface area contributed by atoms with Crippen molar-refractivity contribution in [1.82, 2.24) is 106 Å². The number of para-hydroxylation sites is 3. The van der Waals surface area contributed by atoms with Gasteiger partial charge in [0.15, 0.2) is 57.6 Å². The molecule has 0 spiro atoms. The van der Waals surface area contributed by atoms with Crippen molar-refractivity contribution in [2.24, 2.45) is 21.1 Å². The number of hydrogen-bond donors (Lipinski definition) is 10. The Balaban J connectivity index is 0.000000169. The number of rotatable bonds is 20. The van der Waals surface area contributed by atoms with Gasteiger partial charge in [-0.1, -0.05) is 18.2 Å². The zero-order chi connectivity index (χ0) is 84.2. The van der Waals surface area contributed by atoms with E-state index >= 15 is 0 Å². The number of aromatic nitrogens is 15. The number of nitrogen functional groups attached to an aromatic ring is 2. The van der Waals surface area contributed by atoms with Crippen LogP contribution in [0.1, 0.15) is 50.7 Å². The summed E-state index contributed by atoms with van der Waals surface area (Å²) in [5.74, 6) is 2.95. The van der Waals surface area contributed by atoms with Crippen LogP contribution in [0, 0.1) is 20.2 Å². The first-order valence-electron chi connectivity index (χ1n) is 35.1. The SMILES string of the molecule is C1CNC1.CNC(=O)c1nnc(N)cc1Nc1cccc(-c2ncn(C)n2)c1OC.CNC(=O)c1nnc(N)cc1Nc1cccc(-c2ncn(C)n2)c1OC.CNC(=O)c1nnc(NC(=O)N2CCC2)cc1Nc1cccc(-c2ncn(C)n2)c1OC.O=C(Cl)Oc1ccc([N+](=O)[O-])cc1.O=C(Oc1ccc([N+](=O)[O-])cc1)N1CCC1. The van der Waals surface area contributed by atoms with Crippen LogP contribution in [-0.4, -0.2) is 212 Å². The molecule has 3 saturated heterocycles. The second-order valence-corrected chi connectivity index (χ2v) is 24.8. The number of nitrogens with one attached hydrogen (secondary N) is 8. The van der Waals surface area contributed by atoms with Crippen molar-refractivity contribution >= 4 is 110 Å². The van der Waals surface area contributed by atoms with Crippen LogP contribution in [0.4, 0.5) is 77.3 Å². The highest BCUT2D eigenvalue weighted by Crippen LogP contribution is 2.40. The summed E-state index contributed by atoms with van der Waals surface area (Å²) >= 11 is 4.92. The van der Waals surface area contributed by atoms with Gasteiger partial charge in [-0.2, -0.15) is 15.3 Å². The summed E-state index contributed by atoms with van der Waals surface area (Å²) in [5, 5.41) is 79.6. The lowest BCUT2D eigenvalue weighted by molar-refractivity contribution is -0.385. The molecule has 14 rings (SSSR count). The fraction of sp³-hybridized carbons (Fsp3) is 0.250. The maximum Gasteiger partial charge on any atom is 0.415 e. The van der Waals surface area contributed by atoms with E-state index in [1.807, 2.05) is 36.4 Å². The van der Waals surface area contributed by atoms with Crippen LogP contribution in [0.5, 0.6) is 28.7 Å². The molecular formula is C72H80ClN29O15. The molecule has 3 aliphatic heterocycles. The number of nitrogens with zero attached hydrogens (tertiary/aromatic N) is 19. The Hall–Kier alpha value is -15.4. The first-order chi connectivity index (χ1) is 56.3. The smallest absolute Gasteiger partial charge is 0.415 e. The normalized spacial score (nSPS) is 11.9. The van der Waals surface area contributed by atoms with Crippen LogP contribution in [0.3, 0.4) is 0 Å². The number of methoxy groups -OCH3 is 3. The van der Waals surface area contributed by atoms with Gasteiger partial charge in [-0.15, -0.1) is 30.6 Å². The minimum Gasteiger partial charge on any atom is -0.494 e. The van der Waals surface area contributed by atoms with E-state index in [1.165, 1.54) is 108 Å². The Morgan fingerprint density at radius 3 is 1.10 bits per heavy atom. The lowest BCUT2D eigenvalue weighted by Crippen LogP contribution is -2.44. The molecule has 0 radical (unpaired) electrons. The van der Waals surface area contributed by atoms with Gasteiger partial charge in [-0.25, -0.2) is 29.3 Å². The number of nitro benzene ring substituents is 2. The minimum atomic E-state index is -0.978. The van der Waals surface area contributed by atoms with Crippen LogP contribution >= 0.6 is 11.6 Å². The molecule has 0 unspecified atom stereocenters. The number of halogens is 1. The van der Waals surface area contributed by atoms with Gasteiger partial charge >= 0.3 is 17.6 Å². The van der Waals surface area contributed by atoms with E-state index < -0.39 is 27.3 Å². The highest BCUT2D eigenvalue weighted by atomic mass is 35.5. The molecule has 117 heavy (non-hydrogen) atoms. The van der Waals surface area contributed by atoms with Crippen molar-refractivity contribution < 1.29 is 62.3 Å². The first kappa shape index (κ1) is 85.6. The van der Waals surface area contributed by atoms with Gasteiger partial charge < -0.3 is 82.2 Å². The van der Waals surface area contributed by atoms with Crippen molar-refractivity contribution in [2.75, 3.05) is 114 Å². The molecule has 44 nitrogen and oxygen atoms in total. The molecule has 12 N–H and O–H groups in total.